The highest BCUT2D eigenvalue weighted by molar-refractivity contribution is 7.79. The largest absolute Gasteiger partial charge is 0.501 e. The van der Waals surface area contributed by atoms with Crippen LogP contribution < -0.4 is 0 Å². The van der Waals surface area contributed by atoms with Crippen molar-refractivity contribution in [3.63, 3.8) is 0 Å². The van der Waals surface area contributed by atoms with Gasteiger partial charge in [-0.25, -0.2) is 0 Å². The summed E-state index contributed by atoms with van der Waals surface area (Å²) >= 11 is 5.80. The third kappa shape index (κ3) is 13.0. The Balaban J connectivity index is 0.000000621. The first-order valence-electron chi connectivity index (χ1n) is 5.47. The van der Waals surface area contributed by atoms with Gasteiger partial charge in [0.25, 0.3) is 0 Å². The van der Waals surface area contributed by atoms with Gasteiger partial charge in [0.05, 0.1) is 12.9 Å². The quantitative estimate of drug-likeness (QED) is 0.490. The van der Waals surface area contributed by atoms with Crippen molar-refractivity contribution >= 4 is 27.8 Å². The summed E-state index contributed by atoms with van der Waals surface area (Å²) in [7, 11) is -4.67. The van der Waals surface area contributed by atoms with Crippen LogP contribution in [0.1, 0.15) is 12.5 Å². The number of benzene rings is 1. The Morgan fingerprint density at radius 3 is 2.50 bits per heavy atom. The molecule has 0 radical (unpaired) electrons. The van der Waals surface area contributed by atoms with E-state index in [-0.39, 0.29) is 5.78 Å². The molecule has 0 saturated carbocycles. The van der Waals surface area contributed by atoms with Gasteiger partial charge in [-0.05, 0) is 24.6 Å². The molecule has 2 N–H and O–H groups in total. The van der Waals surface area contributed by atoms with Gasteiger partial charge in [0.2, 0.25) is 0 Å². The van der Waals surface area contributed by atoms with Crippen molar-refractivity contribution in [2.45, 2.75) is 13.3 Å². The first kappa shape index (κ1) is 18.6. The van der Waals surface area contributed by atoms with Crippen LogP contribution in [0.25, 0.3) is 0 Å². The van der Waals surface area contributed by atoms with Crippen LogP contribution >= 0.6 is 11.6 Å². The van der Waals surface area contributed by atoms with Gasteiger partial charge in [0.1, 0.15) is 0 Å². The summed E-state index contributed by atoms with van der Waals surface area (Å²) in [6, 6.07) is 7.27. The molecule has 8 heteroatoms. The highest BCUT2D eigenvalue weighted by atomic mass is 35.5. The molecule has 0 spiro atoms. The van der Waals surface area contributed by atoms with E-state index in [1.54, 1.807) is 12.1 Å². The van der Waals surface area contributed by atoms with Gasteiger partial charge in [-0.1, -0.05) is 23.7 Å². The zero-order chi connectivity index (χ0) is 15.6. The number of ketones is 1. The first-order valence-corrected chi connectivity index (χ1v) is 7.25. The second-order valence-corrected chi connectivity index (χ2v) is 4.81. The summed E-state index contributed by atoms with van der Waals surface area (Å²) in [6.45, 7) is 2.44. The molecule has 0 heterocycles. The number of rotatable bonds is 5. The van der Waals surface area contributed by atoms with Gasteiger partial charge in [-0.3, -0.25) is 13.9 Å². The molecule has 6 nitrogen and oxygen atoms in total. The maximum absolute atomic E-state index is 11.4. The smallest absolute Gasteiger partial charge is 0.394 e. The highest BCUT2D eigenvalue weighted by Gasteiger charge is 2.00. The zero-order valence-corrected chi connectivity index (χ0v) is 12.3. The van der Waals surface area contributed by atoms with E-state index in [4.69, 9.17) is 33.9 Å². The Morgan fingerprint density at radius 1 is 1.40 bits per heavy atom. The van der Waals surface area contributed by atoms with E-state index in [0.29, 0.717) is 18.1 Å². The van der Waals surface area contributed by atoms with Crippen molar-refractivity contribution in [3.8, 4) is 0 Å². The van der Waals surface area contributed by atoms with E-state index >= 15 is 0 Å². The van der Waals surface area contributed by atoms with Crippen molar-refractivity contribution in [1.29, 1.82) is 0 Å². The molecule has 0 atom stereocenters. The number of carbonyl (C=O) groups excluding carboxylic acids is 1. The fourth-order valence-electron chi connectivity index (χ4n) is 1.13. The summed E-state index contributed by atoms with van der Waals surface area (Å²) in [5.74, 6) is 0.00529. The number of ether oxygens (including phenoxy) is 1. The Bertz CT molecular complexity index is 545. The lowest BCUT2D eigenvalue weighted by atomic mass is 10.1. The second-order valence-electron chi connectivity index (χ2n) is 3.48. The molecule has 1 aromatic carbocycles. The van der Waals surface area contributed by atoms with Crippen LogP contribution in [0, 0.1) is 0 Å². The summed E-state index contributed by atoms with van der Waals surface area (Å²) in [5.41, 5.74) is 0.911. The summed E-state index contributed by atoms with van der Waals surface area (Å²) in [6.07, 6.45) is 3.21. The van der Waals surface area contributed by atoms with E-state index < -0.39 is 10.4 Å². The lowest BCUT2D eigenvalue weighted by molar-refractivity contribution is -0.114. The first-order chi connectivity index (χ1) is 9.22. The monoisotopic (exact) mass is 322 g/mol. The molecule has 112 valence electrons. The molecule has 0 aliphatic heterocycles. The van der Waals surface area contributed by atoms with Crippen LogP contribution in [0.4, 0.5) is 0 Å². The molecule has 0 saturated heterocycles. The molecule has 0 aliphatic carbocycles. The SMILES string of the molecule is CCO/C=C/C(=O)Cc1cccc(Cl)c1.O=S(=O)(O)O. The molecule has 0 unspecified atom stereocenters. The minimum atomic E-state index is -4.67. The molecular formula is C12H15ClO6S. The maximum atomic E-state index is 11.4. The van der Waals surface area contributed by atoms with Crippen molar-refractivity contribution in [2.24, 2.45) is 0 Å². The third-order valence-corrected chi connectivity index (χ3v) is 2.02. The third-order valence-electron chi connectivity index (χ3n) is 1.78. The normalized spacial score (nSPS) is 10.8. The van der Waals surface area contributed by atoms with Gasteiger partial charge in [-0.15, -0.1) is 0 Å². The van der Waals surface area contributed by atoms with Gasteiger partial charge in [-0.2, -0.15) is 8.42 Å². The number of halogens is 1. The van der Waals surface area contributed by atoms with Crippen LogP contribution in [-0.2, 0) is 26.4 Å². The zero-order valence-electron chi connectivity index (χ0n) is 10.7. The maximum Gasteiger partial charge on any atom is 0.394 e. The van der Waals surface area contributed by atoms with Crippen LogP contribution in [0.2, 0.25) is 5.02 Å². The topological polar surface area (TPSA) is 101 Å². The Kier molecular flexibility index (Phi) is 8.82. The number of allylic oxidation sites excluding steroid dienone is 1. The average Bonchev–Trinajstić information content (AvgIpc) is 2.27. The van der Waals surface area contributed by atoms with E-state index in [1.807, 2.05) is 19.1 Å². The average molecular weight is 323 g/mol. The van der Waals surface area contributed by atoms with Crippen molar-refractivity contribution in [3.05, 3.63) is 47.2 Å². The molecule has 0 fully saturated rings. The summed E-state index contributed by atoms with van der Waals surface area (Å²) in [5, 5.41) is 0.647. The van der Waals surface area contributed by atoms with Crippen molar-refractivity contribution in [1.82, 2.24) is 0 Å². The molecule has 1 rings (SSSR count). The van der Waals surface area contributed by atoms with E-state index in [0.717, 1.165) is 5.56 Å². The molecule has 0 bridgehead atoms. The Labute approximate surface area is 122 Å². The standard InChI is InChI=1S/C12H13ClO2.H2O4S/c1-2-15-7-6-12(14)9-10-4-3-5-11(13)8-10;1-5(2,3)4/h3-8H,2,9H2,1H3;(H2,1,2,3,4)/b7-6+;. The predicted octanol–water partition coefficient (Wildman–Crippen LogP) is 2.35. The van der Waals surface area contributed by atoms with Crippen LogP contribution in [0.15, 0.2) is 36.6 Å². The molecule has 20 heavy (non-hydrogen) atoms. The van der Waals surface area contributed by atoms with Gasteiger partial charge in [0, 0.05) is 17.5 Å². The molecule has 1 aromatic rings. The van der Waals surface area contributed by atoms with E-state index in [2.05, 4.69) is 0 Å². The predicted molar refractivity (Wildman–Crippen MR) is 75.1 cm³/mol. The van der Waals surface area contributed by atoms with Gasteiger partial charge >= 0.3 is 10.4 Å². The second kappa shape index (κ2) is 9.49. The molecule has 0 aromatic heterocycles. The van der Waals surface area contributed by atoms with Gasteiger partial charge in [0.15, 0.2) is 5.78 Å². The molecular weight excluding hydrogens is 308 g/mol. The minimum Gasteiger partial charge on any atom is -0.501 e. The van der Waals surface area contributed by atoms with E-state index in [9.17, 15) is 4.79 Å². The lowest BCUT2D eigenvalue weighted by Crippen LogP contribution is -1.98. The lowest BCUT2D eigenvalue weighted by Gasteiger charge is -1.98. The van der Waals surface area contributed by atoms with Crippen molar-refractivity contribution < 1.29 is 27.1 Å². The fourth-order valence-corrected chi connectivity index (χ4v) is 1.34. The van der Waals surface area contributed by atoms with E-state index in [1.165, 1.54) is 12.3 Å². The van der Waals surface area contributed by atoms with Crippen molar-refractivity contribution in [2.75, 3.05) is 6.61 Å². The van der Waals surface area contributed by atoms with Crippen LogP contribution in [0.3, 0.4) is 0 Å². The Morgan fingerprint density at radius 2 is 2.00 bits per heavy atom. The van der Waals surface area contributed by atoms with Crippen LogP contribution in [-0.4, -0.2) is 29.9 Å². The molecule has 0 amide bonds. The number of carbonyl (C=O) groups is 1. The highest BCUT2D eigenvalue weighted by Crippen LogP contribution is 2.11. The minimum absolute atomic E-state index is 0.00529. The fraction of sp³-hybridized carbons (Fsp3) is 0.250. The number of hydrogen-bond donors (Lipinski definition) is 2. The Hall–Kier alpha value is -1.41. The van der Waals surface area contributed by atoms with Crippen LogP contribution in [0.5, 0.6) is 0 Å². The number of hydrogen-bond acceptors (Lipinski definition) is 4. The summed E-state index contributed by atoms with van der Waals surface area (Å²) < 4.78 is 36.5. The van der Waals surface area contributed by atoms with Gasteiger partial charge < -0.3 is 4.74 Å². The summed E-state index contributed by atoms with van der Waals surface area (Å²) in [4.78, 5) is 11.4. The molecule has 0 aliphatic rings.